The molecule has 3 heteroatoms. The third-order valence-electron chi connectivity index (χ3n) is 3.79. The van der Waals surface area contributed by atoms with Gasteiger partial charge in [0.1, 0.15) is 17.0 Å². The molecule has 100 valence electrons. The number of hydrogen-bond donors (Lipinski definition) is 1. The van der Waals surface area contributed by atoms with Crippen LogP contribution < -0.4 is 4.74 Å². The molecule has 1 fully saturated rings. The molecule has 0 radical (unpaired) electrons. The molecule has 0 saturated heterocycles. The van der Waals surface area contributed by atoms with Crippen molar-refractivity contribution in [1.29, 1.82) is 0 Å². The molecular formula is C15H23NO2. The lowest BCUT2D eigenvalue weighted by Gasteiger charge is -2.44. The van der Waals surface area contributed by atoms with E-state index in [0.717, 1.165) is 19.3 Å². The van der Waals surface area contributed by atoms with Crippen molar-refractivity contribution in [3.8, 4) is 5.75 Å². The van der Waals surface area contributed by atoms with Gasteiger partial charge in [-0.2, -0.15) is 0 Å². The molecule has 0 bridgehead atoms. The average Bonchev–Trinajstić information content (AvgIpc) is 2.25. The molecule has 1 heterocycles. The molecule has 2 atom stereocenters. The Morgan fingerprint density at radius 1 is 1.39 bits per heavy atom. The molecule has 2 rings (SSSR count). The van der Waals surface area contributed by atoms with Gasteiger partial charge in [-0.05, 0) is 42.7 Å². The first-order valence-corrected chi connectivity index (χ1v) is 6.58. The van der Waals surface area contributed by atoms with E-state index in [0.29, 0.717) is 17.4 Å². The second kappa shape index (κ2) is 4.54. The van der Waals surface area contributed by atoms with Crippen LogP contribution in [0.2, 0.25) is 0 Å². The van der Waals surface area contributed by atoms with Crippen molar-refractivity contribution in [3.05, 3.63) is 24.0 Å². The summed E-state index contributed by atoms with van der Waals surface area (Å²) in [6.07, 6.45) is 4.36. The predicted octanol–water partition coefficient (Wildman–Crippen LogP) is 3.12. The SMILES string of the molecule is COc1cccnc1C1(O)CC(C)CC(C)(C)C1. The third kappa shape index (κ3) is 2.51. The number of rotatable bonds is 2. The van der Waals surface area contributed by atoms with Crippen LogP contribution in [0.25, 0.3) is 0 Å². The van der Waals surface area contributed by atoms with Gasteiger partial charge in [0.15, 0.2) is 0 Å². The summed E-state index contributed by atoms with van der Waals surface area (Å²) in [5, 5.41) is 11.0. The van der Waals surface area contributed by atoms with Gasteiger partial charge in [0.2, 0.25) is 0 Å². The third-order valence-corrected chi connectivity index (χ3v) is 3.79. The maximum atomic E-state index is 11.0. The molecule has 1 aromatic heterocycles. The van der Waals surface area contributed by atoms with Crippen LogP contribution in [0.1, 0.15) is 45.7 Å². The summed E-state index contributed by atoms with van der Waals surface area (Å²) in [6, 6.07) is 3.70. The summed E-state index contributed by atoms with van der Waals surface area (Å²) < 4.78 is 5.34. The van der Waals surface area contributed by atoms with Crippen LogP contribution in [0.5, 0.6) is 5.75 Å². The highest BCUT2D eigenvalue weighted by Crippen LogP contribution is 2.49. The summed E-state index contributed by atoms with van der Waals surface area (Å²) in [6.45, 7) is 6.62. The van der Waals surface area contributed by atoms with Crippen molar-refractivity contribution in [2.75, 3.05) is 7.11 Å². The van der Waals surface area contributed by atoms with Crippen LogP contribution in [-0.4, -0.2) is 17.2 Å². The van der Waals surface area contributed by atoms with E-state index >= 15 is 0 Å². The number of aliphatic hydroxyl groups is 1. The second-order valence-electron chi connectivity index (χ2n) is 6.44. The van der Waals surface area contributed by atoms with Gasteiger partial charge in [-0.1, -0.05) is 20.8 Å². The number of hydrogen-bond acceptors (Lipinski definition) is 3. The lowest BCUT2D eigenvalue weighted by atomic mass is 9.64. The summed E-state index contributed by atoms with van der Waals surface area (Å²) in [7, 11) is 1.63. The highest BCUT2D eigenvalue weighted by Gasteiger charge is 2.44. The Bertz CT molecular complexity index is 430. The Balaban J connectivity index is 2.41. The van der Waals surface area contributed by atoms with Crippen molar-refractivity contribution < 1.29 is 9.84 Å². The van der Waals surface area contributed by atoms with Crippen molar-refractivity contribution >= 4 is 0 Å². The Kier molecular flexibility index (Phi) is 3.37. The zero-order valence-electron chi connectivity index (χ0n) is 11.7. The molecular weight excluding hydrogens is 226 g/mol. The molecule has 1 aliphatic carbocycles. The van der Waals surface area contributed by atoms with Crippen LogP contribution in [0.15, 0.2) is 18.3 Å². The van der Waals surface area contributed by atoms with E-state index in [1.807, 2.05) is 12.1 Å². The van der Waals surface area contributed by atoms with E-state index in [2.05, 4.69) is 25.8 Å². The maximum Gasteiger partial charge on any atom is 0.143 e. The zero-order chi connectivity index (χ0) is 13.4. The smallest absolute Gasteiger partial charge is 0.143 e. The molecule has 3 nitrogen and oxygen atoms in total. The monoisotopic (exact) mass is 249 g/mol. The minimum Gasteiger partial charge on any atom is -0.495 e. The fraction of sp³-hybridized carbons (Fsp3) is 0.667. The number of methoxy groups -OCH3 is 1. The average molecular weight is 249 g/mol. The molecule has 0 spiro atoms. The summed E-state index contributed by atoms with van der Waals surface area (Å²) in [5.41, 5.74) is -0.0463. The molecule has 1 aromatic rings. The van der Waals surface area contributed by atoms with Crippen molar-refractivity contribution in [2.24, 2.45) is 11.3 Å². The molecule has 2 unspecified atom stereocenters. The normalized spacial score (nSPS) is 31.1. The predicted molar refractivity (Wildman–Crippen MR) is 71.5 cm³/mol. The Hall–Kier alpha value is -1.09. The Morgan fingerprint density at radius 3 is 2.72 bits per heavy atom. The molecule has 0 aromatic carbocycles. The van der Waals surface area contributed by atoms with Crippen molar-refractivity contribution in [2.45, 2.75) is 45.6 Å². The zero-order valence-corrected chi connectivity index (χ0v) is 11.7. The first-order chi connectivity index (χ1) is 8.36. The van der Waals surface area contributed by atoms with Gasteiger partial charge >= 0.3 is 0 Å². The van der Waals surface area contributed by atoms with Crippen LogP contribution in [0.3, 0.4) is 0 Å². The van der Waals surface area contributed by atoms with Gasteiger partial charge in [0, 0.05) is 6.20 Å². The minimum atomic E-state index is -0.867. The summed E-state index contributed by atoms with van der Waals surface area (Å²) >= 11 is 0. The molecule has 1 saturated carbocycles. The molecule has 0 amide bonds. The largest absolute Gasteiger partial charge is 0.495 e. The van der Waals surface area contributed by atoms with Crippen LogP contribution in [-0.2, 0) is 5.60 Å². The van der Waals surface area contributed by atoms with Gasteiger partial charge in [0.25, 0.3) is 0 Å². The lowest BCUT2D eigenvalue weighted by Crippen LogP contribution is -2.40. The molecule has 1 aliphatic rings. The number of ether oxygens (including phenoxy) is 1. The van der Waals surface area contributed by atoms with E-state index in [9.17, 15) is 5.11 Å². The Labute approximate surface area is 109 Å². The topological polar surface area (TPSA) is 42.4 Å². The van der Waals surface area contributed by atoms with E-state index in [1.54, 1.807) is 13.3 Å². The van der Waals surface area contributed by atoms with Crippen LogP contribution >= 0.6 is 0 Å². The van der Waals surface area contributed by atoms with E-state index in [4.69, 9.17) is 4.74 Å². The number of aromatic nitrogens is 1. The van der Waals surface area contributed by atoms with Crippen molar-refractivity contribution in [1.82, 2.24) is 4.98 Å². The summed E-state index contributed by atoms with van der Waals surface area (Å²) in [5.74, 6) is 1.18. The number of pyridine rings is 1. The first kappa shape index (κ1) is 13.3. The van der Waals surface area contributed by atoms with Crippen LogP contribution in [0, 0.1) is 11.3 Å². The highest BCUT2D eigenvalue weighted by molar-refractivity contribution is 5.32. The lowest BCUT2D eigenvalue weighted by molar-refractivity contribution is -0.0678. The highest BCUT2D eigenvalue weighted by atomic mass is 16.5. The molecule has 18 heavy (non-hydrogen) atoms. The van der Waals surface area contributed by atoms with Gasteiger partial charge in [-0.25, -0.2) is 0 Å². The first-order valence-electron chi connectivity index (χ1n) is 6.58. The quantitative estimate of drug-likeness (QED) is 0.875. The fourth-order valence-electron chi connectivity index (χ4n) is 3.61. The standard InChI is InChI=1S/C15H23NO2/c1-11-8-14(2,3)10-15(17,9-11)13-12(18-4)6-5-7-16-13/h5-7,11,17H,8-10H2,1-4H3. The summed E-state index contributed by atoms with van der Waals surface area (Å²) in [4.78, 5) is 4.37. The second-order valence-corrected chi connectivity index (χ2v) is 6.44. The van der Waals surface area contributed by atoms with Gasteiger partial charge in [-0.3, -0.25) is 4.98 Å². The van der Waals surface area contributed by atoms with E-state index in [1.165, 1.54) is 0 Å². The Morgan fingerprint density at radius 2 is 2.11 bits per heavy atom. The van der Waals surface area contributed by atoms with Gasteiger partial charge < -0.3 is 9.84 Å². The fourth-order valence-corrected chi connectivity index (χ4v) is 3.61. The number of nitrogens with zero attached hydrogens (tertiary/aromatic N) is 1. The molecule has 1 N–H and O–H groups in total. The maximum absolute atomic E-state index is 11.0. The van der Waals surface area contributed by atoms with Crippen LogP contribution in [0.4, 0.5) is 0 Å². The van der Waals surface area contributed by atoms with Crippen molar-refractivity contribution in [3.63, 3.8) is 0 Å². The minimum absolute atomic E-state index is 0.134. The van der Waals surface area contributed by atoms with E-state index < -0.39 is 5.60 Å². The van der Waals surface area contributed by atoms with E-state index in [-0.39, 0.29) is 5.41 Å². The van der Waals surface area contributed by atoms with Gasteiger partial charge in [0.05, 0.1) is 7.11 Å². The van der Waals surface area contributed by atoms with Gasteiger partial charge in [-0.15, -0.1) is 0 Å². The molecule has 0 aliphatic heterocycles.